The predicted octanol–water partition coefficient (Wildman–Crippen LogP) is 3.78. The molecular formula is C20H17F3N2O4. The van der Waals surface area contributed by atoms with E-state index in [2.05, 4.69) is 4.74 Å². The van der Waals surface area contributed by atoms with Crippen molar-refractivity contribution in [1.29, 1.82) is 0 Å². The third kappa shape index (κ3) is 4.13. The summed E-state index contributed by atoms with van der Waals surface area (Å²) in [6.07, 6.45) is -2.86. The number of halogens is 3. The number of fused-ring (bicyclic) bond motifs is 1. The largest absolute Gasteiger partial charge is 0.573 e. The van der Waals surface area contributed by atoms with Gasteiger partial charge in [-0.05, 0) is 48.2 Å². The summed E-state index contributed by atoms with van der Waals surface area (Å²) in [7, 11) is 0. The first kappa shape index (κ1) is 19.1. The highest BCUT2D eigenvalue weighted by atomic mass is 19.4. The number of carbonyl (C=O) groups excluding carboxylic acids is 1. The molecule has 0 aliphatic carbocycles. The number of amides is 1. The van der Waals surface area contributed by atoms with Crippen LogP contribution in [0.3, 0.4) is 0 Å². The zero-order valence-electron chi connectivity index (χ0n) is 15.2. The highest BCUT2D eigenvalue weighted by molar-refractivity contribution is 5.83. The molecule has 29 heavy (non-hydrogen) atoms. The Bertz CT molecular complexity index is 1090. The lowest BCUT2D eigenvalue weighted by Crippen LogP contribution is -2.33. The number of alkyl halides is 3. The third-order valence-electron chi connectivity index (χ3n) is 4.84. The Balaban J connectivity index is 1.63. The van der Waals surface area contributed by atoms with Gasteiger partial charge in [-0.2, -0.15) is 0 Å². The molecule has 0 saturated carbocycles. The van der Waals surface area contributed by atoms with Crippen LogP contribution in [-0.2, 0) is 11.3 Å². The lowest BCUT2D eigenvalue weighted by atomic mass is 10.1. The number of benzene rings is 2. The topological polar surface area (TPSA) is 64.7 Å². The second-order valence-electron chi connectivity index (χ2n) is 6.80. The van der Waals surface area contributed by atoms with Gasteiger partial charge in [-0.25, -0.2) is 4.79 Å². The van der Waals surface area contributed by atoms with Crippen molar-refractivity contribution in [3.05, 3.63) is 53.0 Å². The average Bonchev–Trinajstić information content (AvgIpc) is 3.30. The molecule has 0 unspecified atom stereocenters. The fourth-order valence-electron chi connectivity index (χ4n) is 3.44. The summed E-state index contributed by atoms with van der Waals surface area (Å²) in [4.78, 5) is 26.4. The van der Waals surface area contributed by atoms with E-state index in [-0.39, 0.29) is 18.2 Å². The van der Waals surface area contributed by atoms with Gasteiger partial charge >= 0.3 is 12.1 Å². The molecule has 2 heterocycles. The molecule has 1 aliphatic rings. The first-order valence-electron chi connectivity index (χ1n) is 9.07. The van der Waals surface area contributed by atoms with Gasteiger partial charge < -0.3 is 14.1 Å². The van der Waals surface area contributed by atoms with Crippen molar-refractivity contribution < 1.29 is 27.1 Å². The number of ether oxygens (including phenoxy) is 1. The minimum absolute atomic E-state index is 0.117. The maximum absolute atomic E-state index is 12.4. The van der Waals surface area contributed by atoms with Crippen LogP contribution in [0.5, 0.6) is 5.75 Å². The van der Waals surface area contributed by atoms with E-state index < -0.39 is 12.1 Å². The fourth-order valence-corrected chi connectivity index (χ4v) is 3.44. The Labute approximate surface area is 163 Å². The molecule has 3 aromatic rings. The molecule has 9 heteroatoms. The zero-order valence-corrected chi connectivity index (χ0v) is 15.2. The minimum atomic E-state index is -4.75. The quantitative estimate of drug-likeness (QED) is 0.662. The molecule has 0 radical (unpaired) electrons. The predicted molar refractivity (Wildman–Crippen MR) is 98.4 cm³/mol. The van der Waals surface area contributed by atoms with Crippen LogP contribution in [0, 0.1) is 0 Å². The molecule has 152 valence electrons. The van der Waals surface area contributed by atoms with E-state index in [1.54, 1.807) is 23.1 Å². The van der Waals surface area contributed by atoms with Crippen LogP contribution in [0.25, 0.3) is 22.2 Å². The highest BCUT2D eigenvalue weighted by Gasteiger charge is 2.31. The van der Waals surface area contributed by atoms with Gasteiger partial charge in [-0.15, -0.1) is 13.2 Å². The number of aromatic nitrogens is 1. The number of hydrogen-bond acceptors (Lipinski definition) is 4. The Hall–Kier alpha value is -3.23. The lowest BCUT2D eigenvalue weighted by Gasteiger charge is -2.15. The van der Waals surface area contributed by atoms with Crippen LogP contribution in [-0.4, -0.2) is 34.8 Å². The van der Waals surface area contributed by atoms with E-state index >= 15 is 0 Å². The monoisotopic (exact) mass is 406 g/mol. The molecule has 6 nitrogen and oxygen atoms in total. The number of rotatable bonds is 4. The number of carbonyl (C=O) groups is 1. The number of likely N-dealkylation sites (tertiary alicyclic amines) is 1. The van der Waals surface area contributed by atoms with Gasteiger partial charge in [0, 0.05) is 13.1 Å². The molecule has 2 aromatic carbocycles. The number of nitrogens with zero attached hydrogens (tertiary/aromatic N) is 2. The summed E-state index contributed by atoms with van der Waals surface area (Å²) in [5.41, 5.74) is 2.09. The molecular weight excluding hydrogens is 389 g/mol. The first-order chi connectivity index (χ1) is 13.8. The summed E-state index contributed by atoms with van der Waals surface area (Å²) in [5.74, 6) is -1.09. The standard InChI is InChI=1S/C20H17F3N2O4/c21-20(22,23)29-15-6-3-13(4-7-15)14-5-8-17-16(11-14)25(19(27)28-17)12-18(26)24-9-1-2-10-24/h3-8,11H,1-2,9-10,12H2. The maximum atomic E-state index is 12.4. The van der Waals surface area contributed by atoms with Crippen LogP contribution < -0.4 is 10.5 Å². The second kappa shape index (κ2) is 7.31. The lowest BCUT2D eigenvalue weighted by molar-refractivity contribution is -0.274. The van der Waals surface area contributed by atoms with Gasteiger partial charge in [-0.1, -0.05) is 18.2 Å². The van der Waals surface area contributed by atoms with E-state index in [4.69, 9.17) is 4.42 Å². The second-order valence-corrected chi connectivity index (χ2v) is 6.80. The van der Waals surface area contributed by atoms with Gasteiger partial charge in [0.1, 0.15) is 12.3 Å². The molecule has 1 aromatic heterocycles. The van der Waals surface area contributed by atoms with Gasteiger partial charge in [0.25, 0.3) is 0 Å². The minimum Gasteiger partial charge on any atom is -0.408 e. The third-order valence-corrected chi connectivity index (χ3v) is 4.84. The summed E-state index contributed by atoms with van der Waals surface area (Å²) in [6, 6.07) is 10.4. The van der Waals surface area contributed by atoms with E-state index in [9.17, 15) is 22.8 Å². The Kier molecular flexibility index (Phi) is 4.81. The molecule has 0 atom stereocenters. The van der Waals surface area contributed by atoms with E-state index in [1.165, 1.54) is 28.8 Å². The van der Waals surface area contributed by atoms with Crippen molar-refractivity contribution in [1.82, 2.24) is 9.47 Å². The van der Waals surface area contributed by atoms with Crippen LogP contribution in [0.4, 0.5) is 13.2 Å². The van der Waals surface area contributed by atoms with Crippen molar-refractivity contribution in [3.8, 4) is 16.9 Å². The summed E-state index contributed by atoms with van der Waals surface area (Å²) >= 11 is 0. The number of hydrogen-bond donors (Lipinski definition) is 0. The SMILES string of the molecule is O=C(Cn1c(=O)oc2ccc(-c3ccc(OC(F)(F)F)cc3)cc21)N1CCCC1. The van der Waals surface area contributed by atoms with Crippen molar-refractivity contribution in [2.24, 2.45) is 0 Å². The Morgan fingerprint density at radius 3 is 2.34 bits per heavy atom. The van der Waals surface area contributed by atoms with Gasteiger partial charge in [-0.3, -0.25) is 9.36 Å². The number of oxazole rings is 1. The van der Waals surface area contributed by atoms with Crippen molar-refractivity contribution in [2.45, 2.75) is 25.7 Å². The van der Waals surface area contributed by atoms with Crippen LogP contribution in [0.15, 0.2) is 51.7 Å². The van der Waals surface area contributed by atoms with Gasteiger partial charge in [0.05, 0.1) is 5.52 Å². The van der Waals surface area contributed by atoms with Crippen molar-refractivity contribution in [3.63, 3.8) is 0 Å². The maximum Gasteiger partial charge on any atom is 0.573 e. The first-order valence-corrected chi connectivity index (χ1v) is 9.07. The smallest absolute Gasteiger partial charge is 0.408 e. The zero-order chi connectivity index (χ0) is 20.6. The molecule has 0 spiro atoms. The normalized spacial score (nSPS) is 14.5. The molecule has 1 fully saturated rings. The Morgan fingerprint density at radius 1 is 1.03 bits per heavy atom. The Morgan fingerprint density at radius 2 is 1.69 bits per heavy atom. The van der Waals surface area contributed by atoms with Gasteiger partial charge in [0.15, 0.2) is 5.58 Å². The van der Waals surface area contributed by atoms with E-state index in [1.807, 2.05) is 0 Å². The molecule has 0 bridgehead atoms. The molecule has 1 aliphatic heterocycles. The van der Waals surface area contributed by atoms with E-state index in [0.29, 0.717) is 35.3 Å². The van der Waals surface area contributed by atoms with Gasteiger partial charge in [0.2, 0.25) is 5.91 Å². The highest BCUT2D eigenvalue weighted by Crippen LogP contribution is 2.28. The summed E-state index contributed by atoms with van der Waals surface area (Å²) in [5, 5.41) is 0. The van der Waals surface area contributed by atoms with Crippen LogP contribution in [0.2, 0.25) is 0 Å². The van der Waals surface area contributed by atoms with E-state index in [0.717, 1.165) is 12.8 Å². The molecule has 1 saturated heterocycles. The van der Waals surface area contributed by atoms with Crippen LogP contribution in [0.1, 0.15) is 12.8 Å². The average molecular weight is 406 g/mol. The molecule has 4 rings (SSSR count). The van der Waals surface area contributed by atoms with Crippen molar-refractivity contribution >= 4 is 17.0 Å². The van der Waals surface area contributed by atoms with Crippen LogP contribution >= 0.6 is 0 Å². The molecule has 0 N–H and O–H groups in total. The summed E-state index contributed by atoms with van der Waals surface area (Å²) < 4.78 is 47.3. The van der Waals surface area contributed by atoms with Crippen molar-refractivity contribution in [2.75, 3.05) is 13.1 Å². The molecule has 1 amide bonds. The summed E-state index contributed by atoms with van der Waals surface area (Å²) in [6.45, 7) is 1.25. The fraction of sp³-hybridized carbons (Fsp3) is 0.300.